The number of rotatable bonds is 7. The van der Waals surface area contributed by atoms with Crippen molar-refractivity contribution in [3.05, 3.63) is 59.9 Å². The van der Waals surface area contributed by atoms with Crippen LogP contribution in [0.4, 0.5) is 11.6 Å². The van der Waals surface area contributed by atoms with Crippen molar-refractivity contribution in [2.75, 3.05) is 11.9 Å². The first-order valence-corrected chi connectivity index (χ1v) is 10.8. The first kappa shape index (κ1) is 20.4. The van der Waals surface area contributed by atoms with E-state index >= 15 is 0 Å². The van der Waals surface area contributed by atoms with Gasteiger partial charge in [0.05, 0.1) is 17.8 Å². The average Bonchev–Trinajstić information content (AvgIpc) is 3.52. The number of aromatic nitrogens is 5. The molecule has 0 aromatic carbocycles. The minimum Gasteiger partial charge on any atom is -0.489 e. The monoisotopic (exact) mass is 430 g/mol. The summed E-state index contributed by atoms with van der Waals surface area (Å²) in [4.78, 5) is 13.1. The van der Waals surface area contributed by atoms with Crippen molar-refractivity contribution in [2.24, 2.45) is 5.92 Å². The molecule has 1 atom stereocenters. The van der Waals surface area contributed by atoms with Crippen molar-refractivity contribution in [1.82, 2.24) is 24.6 Å². The van der Waals surface area contributed by atoms with Gasteiger partial charge < -0.3 is 15.2 Å². The van der Waals surface area contributed by atoms with Gasteiger partial charge >= 0.3 is 0 Å². The molecule has 8 nitrogen and oxygen atoms in total. The molecule has 8 heteroatoms. The summed E-state index contributed by atoms with van der Waals surface area (Å²) in [5.74, 6) is 3.17. The fraction of sp³-hybridized carbons (Fsp3) is 0.333. The highest BCUT2D eigenvalue weighted by Crippen LogP contribution is 2.35. The summed E-state index contributed by atoms with van der Waals surface area (Å²) in [6.45, 7) is 6.05. The second-order valence-electron chi connectivity index (χ2n) is 8.42. The highest BCUT2D eigenvalue weighted by atomic mass is 16.5. The fourth-order valence-electron chi connectivity index (χ4n) is 3.82. The van der Waals surface area contributed by atoms with Gasteiger partial charge in [0.1, 0.15) is 24.0 Å². The Morgan fingerprint density at radius 1 is 1.09 bits per heavy atom. The Balaban J connectivity index is 1.42. The summed E-state index contributed by atoms with van der Waals surface area (Å²) >= 11 is 0. The maximum atomic E-state index is 10.2. The Labute approximate surface area is 186 Å². The van der Waals surface area contributed by atoms with E-state index in [0.29, 0.717) is 29.1 Å². The van der Waals surface area contributed by atoms with Gasteiger partial charge in [0.2, 0.25) is 0 Å². The fourth-order valence-corrected chi connectivity index (χ4v) is 3.82. The molecule has 164 valence electrons. The molecule has 4 heterocycles. The van der Waals surface area contributed by atoms with Gasteiger partial charge in [0, 0.05) is 35.3 Å². The van der Waals surface area contributed by atoms with Gasteiger partial charge in [-0.05, 0) is 63.3 Å². The van der Waals surface area contributed by atoms with Gasteiger partial charge in [0.25, 0.3) is 0 Å². The maximum absolute atomic E-state index is 10.2. The third-order valence-electron chi connectivity index (χ3n) is 5.58. The van der Waals surface area contributed by atoms with Crippen LogP contribution in [0, 0.1) is 26.7 Å². The predicted octanol–water partition coefficient (Wildman–Crippen LogP) is 4.00. The molecule has 32 heavy (non-hydrogen) atoms. The molecule has 0 radical (unpaired) electrons. The number of hydrogen-bond acceptors (Lipinski definition) is 7. The molecular formula is C24H26N6O2. The first-order chi connectivity index (χ1) is 15.4. The van der Waals surface area contributed by atoms with Crippen molar-refractivity contribution in [2.45, 2.75) is 39.7 Å². The van der Waals surface area contributed by atoms with E-state index in [0.717, 1.165) is 40.9 Å². The van der Waals surface area contributed by atoms with Crippen LogP contribution in [0.15, 0.2) is 42.7 Å². The number of aliphatic hydroxyl groups excluding tert-OH is 1. The number of nitrogens with one attached hydrogen (secondary N) is 1. The number of aliphatic hydroxyl groups is 1. The lowest BCUT2D eigenvalue weighted by Gasteiger charge is -2.15. The summed E-state index contributed by atoms with van der Waals surface area (Å²) in [5.41, 5.74) is 4.68. The standard InChI is InChI=1S/C24H26N6O2/c1-14-8-20(22(12-25-14)32-13-21(31)17-4-5-17)18-6-7-30-19(10-18)11-24(29-30)28-23-9-15(2)26-16(3)27-23/h6-12,17,21,31H,4-5,13H2,1-3H3,(H,26,27,28,29)/t21-/m1/s1. The molecule has 0 spiro atoms. The first-order valence-electron chi connectivity index (χ1n) is 10.8. The zero-order valence-corrected chi connectivity index (χ0v) is 18.4. The van der Waals surface area contributed by atoms with Crippen LogP contribution >= 0.6 is 0 Å². The third kappa shape index (κ3) is 4.40. The van der Waals surface area contributed by atoms with E-state index in [9.17, 15) is 5.11 Å². The SMILES string of the molecule is Cc1cc(-c2ccn3nc(Nc4cc(C)nc(C)n4)cc3c2)c(OC[C@@H](O)C2CC2)cn1. The highest BCUT2D eigenvalue weighted by molar-refractivity contribution is 5.75. The molecule has 0 aliphatic heterocycles. The number of ether oxygens (including phenoxy) is 1. The van der Waals surface area contributed by atoms with E-state index in [4.69, 9.17) is 4.74 Å². The van der Waals surface area contributed by atoms with Crippen LogP contribution in [-0.4, -0.2) is 42.4 Å². The average molecular weight is 431 g/mol. The number of nitrogens with zero attached hydrogens (tertiary/aromatic N) is 5. The van der Waals surface area contributed by atoms with E-state index < -0.39 is 6.10 Å². The van der Waals surface area contributed by atoms with Crippen LogP contribution in [0.3, 0.4) is 0 Å². The van der Waals surface area contributed by atoms with Gasteiger partial charge in [-0.25, -0.2) is 14.5 Å². The van der Waals surface area contributed by atoms with Gasteiger partial charge in [0.15, 0.2) is 5.82 Å². The van der Waals surface area contributed by atoms with Crippen LogP contribution in [-0.2, 0) is 0 Å². The number of pyridine rings is 2. The highest BCUT2D eigenvalue weighted by Gasteiger charge is 2.30. The smallest absolute Gasteiger partial charge is 0.154 e. The van der Waals surface area contributed by atoms with E-state index in [1.807, 2.05) is 55.7 Å². The van der Waals surface area contributed by atoms with Crippen LogP contribution in [0.1, 0.15) is 30.1 Å². The summed E-state index contributed by atoms with van der Waals surface area (Å²) in [6.07, 6.45) is 5.38. The lowest BCUT2D eigenvalue weighted by Crippen LogP contribution is -2.19. The van der Waals surface area contributed by atoms with Gasteiger partial charge in [-0.1, -0.05) is 0 Å². The van der Waals surface area contributed by atoms with Crippen molar-refractivity contribution in [3.8, 4) is 16.9 Å². The molecule has 0 saturated heterocycles. The molecule has 4 aromatic heterocycles. The molecular weight excluding hydrogens is 404 g/mol. The molecule has 1 aliphatic carbocycles. The number of anilines is 2. The normalized spacial score (nSPS) is 14.5. The molecule has 1 aliphatic rings. The Morgan fingerprint density at radius 3 is 2.72 bits per heavy atom. The van der Waals surface area contributed by atoms with Gasteiger partial charge in [-0.15, -0.1) is 0 Å². The van der Waals surface area contributed by atoms with Crippen LogP contribution < -0.4 is 10.1 Å². The summed E-state index contributed by atoms with van der Waals surface area (Å²) in [7, 11) is 0. The van der Waals surface area contributed by atoms with E-state index in [2.05, 4.69) is 31.4 Å². The zero-order chi connectivity index (χ0) is 22.2. The lowest BCUT2D eigenvalue weighted by atomic mass is 10.1. The maximum Gasteiger partial charge on any atom is 0.154 e. The topological polar surface area (TPSA) is 97.5 Å². The minimum atomic E-state index is -0.427. The van der Waals surface area contributed by atoms with Crippen molar-refractivity contribution < 1.29 is 9.84 Å². The third-order valence-corrected chi connectivity index (χ3v) is 5.58. The number of aryl methyl sites for hydroxylation is 3. The minimum absolute atomic E-state index is 0.281. The molecule has 0 amide bonds. The number of fused-ring (bicyclic) bond motifs is 1. The van der Waals surface area contributed by atoms with Crippen molar-refractivity contribution in [3.63, 3.8) is 0 Å². The Bertz CT molecular complexity index is 1260. The Morgan fingerprint density at radius 2 is 1.94 bits per heavy atom. The molecule has 1 saturated carbocycles. The second kappa shape index (κ2) is 8.20. The van der Waals surface area contributed by atoms with E-state index in [-0.39, 0.29) is 6.61 Å². The quantitative estimate of drug-likeness (QED) is 0.457. The Hall–Kier alpha value is -3.52. The van der Waals surface area contributed by atoms with E-state index in [1.54, 1.807) is 6.20 Å². The van der Waals surface area contributed by atoms with E-state index in [1.165, 1.54) is 0 Å². The molecule has 5 rings (SSSR count). The summed E-state index contributed by atoms with van der Waals surface area (Å²) in [5, 5.41) is 18.0. The lowest BCUT2D eigenvalue weighted by molar-refractivity contribution is 0.0895. The number of hydrogen-bond donors (Lipinski definition) is 2. The molecule has 4 aromatic rings. The van der Waals surface area contributed by atoms with Crippen LogP contribution in [0.25, 0.3) is 16.6 Å². The predicted molar refractivity (Wildman–Crippen MR) is 122 cm³/mol. The van der Waals surface area contributed by atoms with Crippen molar-refractivity contribution >= 4 is 17.2 Å². The molecule has 0 bridgehead atoms. The zero-order valence-electron chi connectivity index (χ0n) is 18.4. The van der Waals surface area contributed by atoms with Crippen LogP contribution in [0.2, 0.25) is 0 Å². The second-order valence-corrected chi connectivity index (χ2v) is 8.42. The molecule has 2 N–H and O–H groups in total. The largest absolute Gasteiger partial charge is 0.489 e. The Kier molecular flexibility index (Phi) is 5.22. The molecule has 1 fully saturated rings. The van der Waals surface area contributed by atoms with Gasteiger partial charge in [-0.2, -0.15) is 5.10 Å². The van der Waals surface area contributed by atoms with Gasteiger partial charge in [-0.3, -0.25) is 4.98 Å². The summed E-state index contributed by atoms with van der Waals surface area (Å²) in [6, 6.07) is 9.94. The van der Waals surface area contributed by atoms with Crippen molar-refractivity contribution in [1.29, 1.82) is 0 Å². The summed E-state index contributed by atoms with van der Waals surface area (Å²) < 4.78 is 7.78. The van der Waals surface area contributed by atoms with Crippen LogP contribution in [0.5, 0.6) is 5.75 Å². The molecule has 0 unspecified atom stereocenters.